The maximum Gasteiger partial charge on any atom is 0.142 e. The van der Waals surface area contributed by atoms with Crippen LogP contribution < -0.4 is 10.1 Å². The number of rotatable bonds is 4. The number of para-hydroxylation sites is 2. The van der Waals surface area contributed by atoms with E-state index in [9.17, 15) is 0 Å². The summed E-state index contributed by atoms with van der Waals surface area (Å²) in [5, 5.41) is 11.3. The van der Waals surface area contributed by atoms with Crippen molar-refractivity contribution in [1.82, 2.24) is 0 Å². The van der Waals surface area contributed by atoms with Crippen molar-refractivity contribution < 1.29 is 4.74 Å². The van der Waals surface area contributed by atoms with Gasteiger partial charge in [0, 0.05) is 7.05 Å². The molecule has 0 heterocycles. The lowest BCUT2D eigenvalue weighted by atomic mass is 10.3. The third-order valence-corrected chi connectivity index (χ3v) is 1.63. The van der Waals surface area contributed by atoms with Gasteiger partial charge in [-0.15, -0.1) is 0 Å². The zero-order chi connectivity index (χ0) is 9.52. The average molecular weight is 176 g/mol. The highest BCUT2D eigenvalue weighted by Gasteiger charge is 1.98. The van der Waals surface area contributed by atoms with Gasteiger partial charge in [-0.3, -0.25) is 0 Å². The smallest absolute Gasteiger partial charge is 0.142 e. The lowest BCUT2D eigenvalue weighted by molar-refractivity contribution is 0.328. The number of hydrogen-bond acceptors (Lipinski definition) is 3. The van der Waals surface area contributed by atoms with Gasteiger partial charge in [0.1, 0.15) is 12.4 Å². The Kier molecular flexibility index (Phi) is 3.65. The largest absolute Gasteiger partial charge is 0.490 e. The number of nitriles is 1. The Balaban J connectivity index is 2.60. The maximum atomic E-state index is 8.33. The SMILES string of the molecule is CNc1ccccc1OCCC#N. The molecule has 0 unspecified atom stereocenters. The van der Waals surface area contributed by atoms with Gasteiger partial charge in [-0.1, -0.05) is 12.1 Å². The van der Waals surface area contributed by atoms with Gasteiger partial charge in [0.2, 0.25) is 0 Å². The highest BCUT2D eigenvalue weighted by Crippen LogP contribution is 2.22. The number of nitrogens with one attached hydrogen (secondary N) is 1. The van der Waals surface area contributed by atoms with Gasteiger partial charge in [0.25, 0.3) is 0 Å². The van der Waals surface area contributed by atoms with Crippen molar-refractivity contribution in [1.29, 1.82) is 5.26 Å². The molecule has 3 nitrogen and oxygen atoms in total. The third kappa shape index (κ3) is 2.68. The molecule has 0 atom stereocenters. The van der Waals surface area contributed by atoms with Crippen LogP contribution in [0, 0.1) is 11.3 Å². The molecule has 0 saturated carbocycles. The maximum absolute atomic E-state index is 8.33. The molecule has 1 N–H and O–H groups in total. The quantitative estimate of drug-likeness (QED) is 0.714. The van der Waals surface area contributed by atoms with Gasteiger partial charge < -0.3 is 10.1 Å². The van der Waals surface area contributed by atoms with Crippen LogP contribution in [-0.2, 0) is 0 Å². The molecule has 0 bridgehead atoms. The second-order valence-electron chi connectivity index (χ2n) is 2.50. The third-order valence-electron chi connectivity index (χ3n) is 1.63. The van der Waals surface area contributed by atoms with Crippen molar-refractivity contribution in [3.8, 4) is 11.8 Å². The molecular formula is C10H12N2O. The minimum Gasteiger partial charge on any atom is -0.490 e. The zero-order valence-electron chi connectivity index (χ0n) is 7.58. The molecule has 0 aliphatic heterocycles. The second-order valence-corrected chi connectivity index (χ2v) is 2.50. The summed E-state index contributed by atoms with van der Waals surface area (Å²) in [4.78, 5) is 0. The Morgan fingerprint density at radius 1 is 1.46 bits per heavy atom. The van der Waals surface area contributed by atoms with Crippen LogP contribution in [0.5, 0.6) is 5.75 Å². The van der Waals surface area contributed by atoms with Crippen LogP contribution in [0.15, 0.2) is 24.3 Å². The normalized spacial score (nSPS) is 8.92. The highest BCUT2D eigenvalue weighted by molar-refractivity contribution is 5.55. The van der Waals surface area contributed by atoms with Crippen LogP contribution in [0.1, 0.15) is 6.42 Å². The highest BCUT2D eigenvalue weighted by atomic mass is 16.5. The number of nitrogens with zero attached hydrogens (tertiary/aromatic N) is 1. The minimum atomic E-state index is 0.415. The fraction of sp³-hybridized carbons (Fsp3) is 0.300. The number of benzene rings is 1. The molecule has 68 valence electrons. The summed E-state index contributed by atoms with van der Waals surface area (Å²) < 4.78 is 5.38. The predicted molar refractivity (Wildman–Crippen MR) is 51.7 cm³/mol. The Morgan fingerprint density at radius 3 is 2.92 bits per heavy atom. The van der Waals surface area contributed by atoms with Crippen molar-refractivity contribution >= 4 is 5.69 Å². The lowest BCUT2D eigenvalue weighted by Gasteiger charge is -2.08. The van der Waals surface area contributed by atoms with E-state index in [1.54, 1.807) is 0 Å². The van der Waals surface area contributed by atoms with Gasteiger partial charge in [-0.2, -0.15) is 5.26 Å². The van der Waals surface area contributed by atoms with E-state index >= 15 is 0 Å². The Morgan fingerprint density at radius 2 is 2.23 bits per heavy atom. The molecule has 0 aromatic heterocycles. The molecule has 1 aromatic carbocycles. The fourth-order valence-electron chi connectivity index (χ4n) is 1.01. The molecule has 1 aromatic rings. The molecule has 0 aliphatic rings. The van der Waals surface area contributed by atoms with Crippen LogP contribution in [0.25, 0.3) is 0 Å². The predicted octanol–water partition coefficient (Wildman–Crippen LogP) is 2.02. The van der Waals surface area contributed by atoms with E-state index in [1.807, 2.05) is 37.4 Å². The minimum absolute atomic E-state index is 0.415. The van der Waals surface area contributed by atoms with Crippen LogP contribution in [-0.4, -0.2) is 13.7 Å². The van der Waals surface area contributed by atoms with Crippen LogP contribution in [0.2, 0.25) is 0 Å². The summed E-state index contributed by atoms with van der Waals surface area (Å²) in [7, 11) is 1.84. The van der Waals surface area contributed by atoms with Crippen molar-refractivity contribution in [2.75, 3.05) is 19.0 Å². The summed E-state index contributed by atoms with van der Waals surface area (Å²) in [6, 6.07) is 9.68. The summed E-state index contributed by atoms with van der Waals surface area (Å²) in [6.45, 7) is 0.440. The van der Waals surface area contributed by atoms with Gasteiger partial charge in [0.05, 0.1) is 18.2 Å². The van der Waals surface area contributed by atoms with Crippen molar-refractivity contribution in [3.05, 3.63) is 24.3 Å². The Bertz CT molecular complexity index is 304. The Hall–Kier alpha value is -1.69. The molecular weight excluding hydrogens is 164 g/mol. The first kappa shape index (κ1) is 9.40. The van der Waals surface area contributed by atoms with Crippen molar-refractivity contribution in [3.63, 3.8) is 0 Å². The monoisotopic (exact) mass is 176 g/mol. The van der Waals surface area contributed by atoms with E-state index in [1.165, 1.54) is 0 Å². The van der Waals surface area contributed by atoms with Crippen molar-refractivity contribution in [2.45, 2.75) is 6.42 Å². The molecule has 0 fully saturated rings. The molecule has 13 heavy (non-hydrogen) atoms. The summed E-state index contributed by atoms with van der Waals surface area (Å²) in [5.41, 5.74) is 0.945. The van der Waals surface area contributed by atoms with Crippen LogP contribution in [0.3, 0.4) is 0 Å². The van der Waals surface area contributed by atoms with E-state index in [4.69, 9.17) is 10.00 Å². The van der Waals surface area contributed by atoms with Gasteiger partial charge in [-0.05, 0) is 12.1 Å². The number of anilines is 1. The summed E-state index contributed by atoms with van der Waals surface area (Å²) >= 11 is 0. The summed E-state index contributed by atoms with van der Waals surface area (Å²) in [5.74, 6) is 0.792. The molecule has 0 radical (unpaired) electrons. The lowest BCUT2D eigenvalue weighted by Crippen LogP contribution is -1.99. The van der Waals surface area contributed by atoms with E-state index in [0.29, 0.717) is 13.0 Å². The first-order valence-electron chi connectivity index (χ1n) is 4.15. The van der Waals surface area contributed by atoms with Gasteiger partial charge in [0.15, 0.2) is 0 Å². The van der Waals surface area contributed by atoms with E-state index in [0.717, 1.165) is 11.4 Å². The van der Waals surface area contributed by atoms with E-state index < -0.39 is 0 Å². The van der Waals surface area contributed by atoms with Gasteiger partial charge >= 0.3 is 0 Å². The van der Waals surface area contributed by atoms with Crippen LogP contribution >= 0.6 is 0 Å². The Labute approximate surface area is 77.9 Å². The fourth-order valence-corrected chi connectivity index (χ4v) is 1.01. The molecule has 0 amide bonds. The first-order valence-corrected chi connectivity index (χ1v) is 4.15. The van der Waals surface area contributed by atoms with Gasteiger partial charge in [-0.25, -0.2) is 0 Å². The molecule has 3 heteroatoms. The molecule has 0 saturated heterocycles. The van der Waals surface area contributed by atoms with Crippen LogP contribution in [0.4, 0.5) is 5.69 Å². The van der Waals surface area contributed by atoms with E-state index in [-0.39, 0.29) is 0 Å². The average Bonchev–Trinajstić information content (AvgIpc) is 2.19. The standard InChI is InChI=1S/C10H12N2O/c1-12-9-5-2-3-6-10(9)13-8-4-7-11/h2-3,5-6,12H,4,8H2,1H3. The molecule has 1 rings (SSSR count). The number of ether oxygens (including phenoxy) is 1. The summed E-state index contributed by atoms with van der Waals surface area (Å²) in [6.07, 6.45) is 0.415. The molecule has 0 aliphatic carbocycles. The second kappa shape index (κ2) is 5.04. The number of hydrogen-bond donors (Lipinski definition) is 1. The zero-order valence-corrected chi connectivity index (χ0v) is 7.58. The topological polar surface area (TPSA) is 45.0 Å². The van der Waals surface area contributed by atoms with Crippen molar-refractivity contribution in [2.24, 2.45) is 0 Å². The van der Waals surface area contributed by atoms with E-state index in [2.05, 4.69) is 5.32 Å². The molecule has 0 spiro atoms. The first-order chi connectivity index (χ1) is 6.38.